The van der Waals surface area contributed by atoms with Gasteiger partial charge in [0.1, 0.15) is 0 Å². The second-order valence-corrected chi connectivity index (χ2v) is 7.74. The molecule has 1 heterocycles. The lowest BCUT2D eigenvalue weighted by Gasteiger charge is -2.47. The van der Waals surface area contributed by atoms with E-state index in [-0.39, 0.29) is 5.41 Å². The summed E-state index contributed by atoms with van der Waals surface area (Å²) in [5.41, 5.74) is 1.92. The predicted octanol–water partition coefficient (Wildman–Crippen LogP) is 3.98. The quantitative estimate of drug-likeness (QED) is 0.911. The van der Waals surface area contributed by atoms with Crippen molar-refractivity contribution in [3.63, 3.8) is 0 Å². The van der Waals surface area contributed by atoms with Gasteiger partial charge >= 0.3 is 0 Å². The van der Waals surface area contributed by atoms with Gasteiger partial charge in [-0.15, -0.1) is 0 Å². The number of nitrogens with zero attached hydrogens (tertiary/aromatic N) is 2. The first-order valence-electron chi connectivity index (χ1n) is 8.58. The molecule has 1 aliphatic carbocycles. The first kappa shape index (κ1) is 16.5. The number of hydrogen-bond donors (Lipinski definition) is 1. The van der Waals surface area contributed by atoms with Crippen molar-refractivity contribution in [2.24, 2.45) is 11.3 Å². The molecule has 2 unspecified atom stereocenters. The summed E-state index contributed by atoms with van der Waals surface area (Å²) >= 11 is 0. The molecule has 2 atom stereocenters. The summed E-state index contributed by atoms with van der Waals surface area (Å²) in [6.45, 7) is 11.9. The number of aliphatic hydroxyl groups is 1. The Bertz CT molecular complexity index is 472. The molecule has 0 radical (unpaired) electrons. The summed E-state index contributed by atoms with van der Waals surface area (Å²) in [5.74, 6) is 0.365. The monoisotopic (exact) mass is 292 g/mol. The Labute approximate surface area is 129 Å². The zero-order valence-corrected chi connectivity index (χ0v) is 14.4. The molecule has 21 heavy (non-hydrogen) atoms. The average molecular weight is 292 g/mol. The van der Waals surface area contributed by atoms with E-state index in [9.17, 15) is 5.11 Å². The summed E-state index contributed by atoms with van der Waals surface area (Å²) in [5, 5.41) is 16.0. The summed E-state index contributed by atoms with van der Waals surface area (Å²) in [4.78, 5) is 0. The van der Waals surface area contributed by atoms with Crippen LogP contribution in [0, 0.1) is 11.3 Å². The molecule has 120 valence electrons. The van der Waals surface area contributed by atoms with Crippen LogP contribution in [0.25, 0.3) is 0 Å². The van der Waals surface area contributed by atoms with Crippen molar-refractivity contribution in [1.29, 1.82) is 0 Å². The summed E-state index contributed by atoms with van der Waals surface area (Å²) in [7, 11) is 0. The van der Waals surface area contributed by atoms with Gasteiger partial charge in [0, 0.05) is 18.7 Å². The predicted molar refractivity (Wildman–Crippen MR) is 87.3 cm³/mol. The average Bonchev–Trinajstić information content (AvgIpc) is 2.79. The van der Waals surface area contributed by atoms with Gasteiger partial charge in [0.05, 0.1) is 11.3 Å². The lowest BCUT2D eigenvalue weighted by Crippen LogP contribution is -2.48. The van der Waals surface area contributed by atoms with Crippen LogP contribution in [0.15, 0.2) is 6.07 Å². The maximum Gasteiger partial charge on any atom is 0.0735 e. The van der Waals surface area contributed by atoms with E-state index < -0.39 is 5.60 Å². The molecule has 0 amide bonds. The number of rotatable bonds is 4. The highest BCUT2D eigenvalue weighted by Gasteiger charge is 2.45. The highest BCUT2D eigenvalue weighted by molar-refractivity contribution is 5.15. The number of aryl methyl sites for hydroxylation is 2. The van der Waals surface area contributed by atoms with Gasteiger partial charge in [0.2, 0.25) is 0 Å². The Kier molecular flexibility index (Phi) is 4.82. The Morgan fingerprint density at radius 3 is 2.62 bits per heavy atom. The van der Waals surface area contributed by atoms with Crippen molar-refractivity contribution in [3.05, 3.63) is 17.5 Å². The van der Waals surface area contributed by atoms with Crippen molar-refractivity contribution < 1.29 is 5.11 Å². The van der Waals surface area contributed by atoms with E-state index >= 15 is 0 Å². The number of hydrogen-bond acceptors (Lipinski definition) is 2. The van der Waals surface area contributed by atoms with Crippen molar-refractivity contribution >= 4 is 0 Å². The second kappa shape index (κ2) is 6.12. The topological polar surface area (TPSA) is 38.0 Å². The smallest absolute Gasteiger partial charge is 0.0735 e. The fourth-order valence-corrected chi connectivity index (χ4v) is 4.09. The summed E-state index contributed by atoms with van der Waals surface area (Å²) in [6.07, 6.45) is 6.16. The minimum atomic E-state index is -0.575. The lowest BCUT2D eigenvalue weighted by atomic mass is 9.62. The van der Waals surface area contributed by atoms with Gasteiger partial charge in [0.25, 0.3) is 0 Å². The van der Waals surface area contributed by atoms with E-state index in [1.54, 1.807) is 0 Å². The Morgan fingerprint density at radius 1 is 1.33 bits per heavy atom. The molecule has 2 rings (SSSR count). The standard InChI is InChI=1S/C18H32N2O/c1-6-14-12-15(20(7-2)19-14)13-18(21)11-9-8-10-16(18)17(3,4)5/h12,16,21H,6-11,13H2,1-5H3. The number of aromatic nitrogens is 2. The Balaban J connectivity index is 2.28. The molecule has 1 aromatic heterocycles. The SMILES string of the molecule is CCc1cc(CC2(O)CCCCC2C(C)(C)C)n(CC)n1. The van der Waals surface area contributed by atoms with Crippen molar-refractivity contribution in [2.75, 3.05) is 0 Å². The summed E-state index contributed by atoms with van der Waals surface area (Å²) < 4.78 is 2.07. The fraction of sp³-hybridized carbons (Fsp3) is 0.833. The highest BCUT2D eigenvalue weighted by atomic mass is 16.3. The maximum absolute atomic E-state index is 11.4. The Morgan fingerprint density at radius 2 is 2.05 bits per heavy atom. The van der Waals surface area contributed by atoms with Crippen molar-refractivity contribution in [2.45, 2.75) is 85.3 Å². The largest absolute Gasteiger partial charge is 0.389 e. The van der Waals surface area contributed by atoms with E-state index in [4.69, 9.17) is 0 Å². The van der Waals surface area contributed by atoms with Crippen LogP contribution in [0.1, 0.15) is 71.7 Å². The molecule has 1 fully saturated rings. The van der Waals surface area contributed by atoms with E-state index in [1.165, 1.54) is 12.1 Å². The minimum Gasteiger partial charge on any atom is -0.389 e. The molecule has 1 aliphatic rings. The molecule has 1 aromatic rings. The van der Waals surface area contributed by atoms with Gasteiger partial charge in [-0.05, 0) is 43.6 Å². The molecule has 1 saturated carbocycles. The molecule has 3 nitrogen and oxygen atoms in total. The first-order chi connectivity index (χ1) is 9.80. The zero-order valence-electron chi connectivity index (χ0n) is 14.4. The van der Waals surface area contributed by atoms with Gasteiger partial charge in [0.15, 0.2) is 0 Å². The second-order valence-electron chi connectivity index (χ2n) is 7.74. The van der Waals surface area contributed by atoms with Gasteiger partial charge in [-0.2, -0.15) is 5.10 Å². The van der Waals surface area contributed by atoms with E-state index in [0.29, 0.717) is 5.92 Å². The van der Waals surface area contributed by atoms with E-state index in [1.807, 2.05) is 0 Å². The van der Waals surface area contributed by atoms with Crippen LogP contribution < -0.4 is 0 Å². The van der Waals surface area contributed by atoms with Gasteiger partial charge in [-0.25, -0.2) is 0 Å². The Hall–Kier alpha value is -0.830. The van der Waals surface area contributed by atoms with Gasteiger partial charge in [-0.3, -0.25) is 4.68 Å². The van der Waals surface area contributed by atoms with Crippen LogP contribution in [0.5, 0.6) is 0 Å². The third-order valence-electron chi connectivity index (χ3n) is 5.11. The molecular formula is C18H32N2O. The van der Waals surface area contributed by atoms with Crippen LogP contribution in [0.4, 0.5) is 0 Å². The van der Waals surface area contributed by atoms with Gasteiger partial charge < -0.3 is 5.11 Å². The third-order valence-corrected chi connectivity index (χ3v) is 5.11. The van der Waals surface area contributed by atoms with Gasteiger partial charge in [-0.1, -0.05) is 40.5 Å². The highest BCUT2D eigenvalue weighted by Crippen LogP contribution is 2.45. The normalized spacial score (nSPS) is 27.0. The lowest BCUT2D eigenvalue weighted by molar-refractivity contribution is -0.0899. The summed E-state index contributed by atoms with van der Waals surface area (Å²) in [6, 6.07) is 2.19. The van der Waals surface area contributed by atoms with E-state index in [2.05, 4.69) is 50.5 Å². The van der Waals surface area contributed by atoms with Crippen LogP contribution in [-0.4, -0.2) is 20.5 Å². The van der Waals surface area contributed by atoms with Crippen LogP contribution in [-0.2, 0) is 19.4 Å². The van der Waals surface area contributed by atoms with Crippen LogP contribution >= 0.6 is 0 Å². The molecule has 0 aromatic carbocycles. The zero-order chi connectivity index (χ0) is 15.7. The maximum atomic E-state index is 11.4. The third kappa shape index (κ3) is 3.50. The minimum absolute atomic E-state index is 0.153. The molecule has 0 spiro atoms. The fourth-order valence-electron chi connectivity index (χ4n) is 4.09. The van der Waals surface area contributed by atoms with Crippen molar-refractivity contribution in [1.82, 2.24) is 9.78 Å². The molecule has 3 heteroatoms. The molecule has 0 saturated heterocycles. The molecule has 1 N–H and O–H groups in total. The molecule has 0 bridgehead atoms. The first-order valence-corrected chi connectivity index (χ1v) is 8.58. The van der Waals surface area contributed by atoms with Crippen LogP contribution in [0.2, 0.25) is 0 Å². The molecular weight excluding hydrogens is 260 g/mol. The van der Waals surface area contributed by atoms with Crippen LogP contribution in [0.3, 0.4) is 0 Å². The van der Waals surface area contributed by atoms with E-state index in [0.717, 1.165) is 44.3 Å². The molecule has 0 aliphatic heterocycles. The van der Waals surface area contributed by atoms with Crippen molar-refractivity contribution in [3.8, 4) is 0 Å².